The van der Waals surface area contributed by atoms with E-state index in [1.54, 1.807) is 0 Å². The highest BCUT2D eigenvalue weighted by molar-refractivity contribution is 5.97. The standard InChI is InChI=1S/C30H33N5O2/c1-19-16-25(23-4-2-5-23)26(28-32-29(34-33-28)27-6-3-15-37-27)17-24(19)30(36)35-13-11-22(12-14-35)21-9-7-20(18-31)8-10-21/h7-10,16-17,22-23,27H,2-6,11-15H2,1H3,(H,32,33,34). The Kier molecular flexibility index (Phi) is 6.52. The largest absolute Gasteiger partial charge is 0.370 e. The number of H-pyrrole nitrogens is 1. The normalized spacial score (nSPS) is 20.5. The summed E-state index contributed by atoms with van der Waals surface area (Å²) in [6, 6.07) is 14.3. The maximum atomic E-state index is 13.7. The molecular formula is C30H33N5O2. The molecule has 3 heterocycles. The van der Waals surface area contributed by atoms with Crippen molar-refractivity contribution in [1.82, 2.24) is 20.1 Å². The average molecular weight is 496 g/mol. The Bertz CT molecular complexity index is 1320. The Morgan fingerprint density at radius 3 is 2.46 bits per heavy atom. The maximum absolute atomic E-state index is 13.7. The van der Waals surface area contributed by atoms with E-state index in [9.17, 15) is 4.79 Å². The van der Waals surface area contributed by atoms with Gasteiger partial charge in [0.05, 0.1) is 11.6 Å². The zero-order valence-corrected chi connectivity index (χ0v) is 21.4. The smallest absolute Gasteiger partial charge is 0.254 e. The Morgan fingerprint density at radius 1 is 1.03 bits per heavy atom. The van der Waals surface area contributed by atoms with Crippen LogP contribution in [0, 0.1) is 18.3 Å². The van der Waals surface area contributed by atoms with Gasteiger partial charge in [-0.05, 0) is 92.2 Å². The molecule has 1 atom stereocenters. The van der Waals surface area contributed by atoms with E-state index >= 15 is 0 Å². The van der Waals surface area contributed by atoms with E-state index in [0.29, 0.717) is 17.4 Å². The topological polar surface area (TPSA) is 94.9 Å². The Labute approximate surface area is 217 Å². The van der Waals surface area contributed by atoms with Crippen LogP contribution in [-0.4, -0.2) is 45.7 Å². The number of aryl methyl sites for hydroxylation is 1. The number of ether oxygens (including phenoxy) is 1. The molecule has 1 aliphatic carbocycles. The third-order valence-electron chi connectivity index (χ3n) is 8.46. The van der Waals surface area contributed by atoms with Gasteiger partial charge < -0.3 is 14.6 Å². The first-order valence-corrected chi connectivity index (χ1v) is 13.6. The number of hydrogen-bond acceptors (Lipinski definition) is 5. The van der Waals surface area contributed by atoms with Crippen LogP contribution in [0.2, 0.25) is 0 Å². The fraction of sp³-hybridized carbons (Fsp3) is 0.467. The molecule has 7 nitrogen and oxygen atoms in total. The number of nitrogens with one attached hydrogen (secondary N) is 1. The van der Waals surface area contributed by atoms with Crippen molar-refractivity contribution >= 4 is 5.91 Å². The van der Waals surface area contributed by atoms with Gasteiger partial charge in [-0.3, -0.25) is 4.79 Å². The molecule has 3 aromatic rings. The van der Waals surface area contributed by atoms with Crippen LogP contribution in [0.4, 0.5) is 0 Å². The Hall–Kier alpha value is -3.50. The monoisotopic (exact) mass is 495 g/mol. The lowest BCUT2D eigenvalue weighted by Crippen LogP contribution is -2.38. The maximum Gasteiger partial charge on any atom is 0.254 e. The molecule has 0 bridgehead atoms. The first-order chi connectivity index (χ1) is 18.1. The zero-order chi connectivity index (χ0) is 25.4. The Balaban J connectivity index is 1.23. The second-order valence-corrected chi connectivity index (χ2v) is 10.7. The van der Waals surface area contributed by atoms with Gasteiger partial charge >= 0.3 is 0 Å². The fourth-order valence-corrected chi connectivity index (χ4v) is 5.97. The van der Waals surface area contributed by atoms with Gasteiger partial charge in [0, 0.05) is 30.8 Å². The molecule has 1 aromatic heterocycles. The molecule has 3 fully saturated rings. The number of hydrogen-bond donors (Lipinski definition) is 1. The number of likely N-dealkylation sites (tertiary alicyclic amines) is 1. The van der Waals surface area contributed by atoms with Gasteiger partial charge in [0.25, 0.3) is 5.91 Å². The molecule has 0 radical (unpaired) electrons. The third-order valence-corrected chi connectivity index (χ3v) is 8.46. The zero-order valence-electron chi connectivity index (χ0n) is 21.4. The van der Waals surface area contributed by atoms with Crippen molar-refractivity contribution in [3.8, 4) is 17.5 Å². The fourth-order valence-electron chi connectivity index (χ4n) is 5.97. The van der Waals surface area contributed by atoms with Crippen LogP contribution < -0.4 is 0 Å². The molecule has 0 spiro atoms. The van der Waals surface area contributed by atoms with Gasteiger partial charge in [-0.1, -0.05) is 24.6 Å². The highest BCUT2D eigenvalue weighted by Crippen LogP contribution is 2.42. The average Bonchev–Trinajstić information content (AvgIpc) is 3.60. The second kappa shape index (κ2) is 10.1. The van der Waals surface area contributed by atoms with E-state index in [1.807, 2.05) is 17.0 Å². The molecule has 1 amide bonds. The quantitative estimate of drug-likeness (QED) is 0.483. The number of nitrogens with zero attached hydrogens (tertiary/aromatic N) is 4. The molecule has 2 saturated heterocycles. The van der Waals surface area contributed by atoms with Crippen molar-refractivity contribution in [2.75, 3.05) is 19.7 Å². The van der Waals surface area contributed by atoms with Gasteiger partial charge in [0.2, 0.25) is 0 Å². The molecule has 190 valence electrons. The molecule has 7 heteroatoms. The minimum Gasteiger partial charge on any atom is -0.370 e. The van der Waals surface area contributed by atoms with E-state index in [-0.39, 0.29) is 12.0 Å². The number of aromatic nitrogens is 3. The van der Waals surface area contributed by atoms with Crippen LogP contribution in [-0.2, 0) is 4.74 Å². The lowest BCUT2D eigenvalue weighted by Gasteiger charge is -2.33. The molecule has 37 heavy (non-hydrogen) atoms. The van der Waals surface area contributed by atoms with Crippen LogP contribution >= 0.6 is 0 Å². The van der Waals surface area contributed by atoms with Crippen LogP contribution in [0.25, 0.3) is 11.4 Å². The summed E-state index contributed by atoms with van der Waals surface area (Å²) in [4.78, 5) is 19.1. The number of carbonyl (C=O) groups is 1. The summed E-state index contributed by atoms with van der Waals surface area (Å²) in [6.45, 7) is 4.28. The number of rotatable bonds is 5. The van der Waals surface area contributed by atoms with Gasteiger partial charge in [0.15, 0.2) is 11.6 Å². The summed E-state index contributed by atoms with van der Waals surface area (Å²) in [6.07, 6.45) is 7.43. The number of aromatic amines is 1. The van der Waals surface area contributed by atoms with Crippen molar-refractivity contribution < 1.29 is 9.53 Å². The SMILES string of the molecule is Cc1cc(C2CCC2)c(-c2nnc(C3CCCO3)[nH]2)cc1C(=O)N1CCC(c2ccc(C#N)cc2)CC1. The molecule has 1 saturated carbocycles. The summed E-state index contributed by atoms with van der Waals surface area (Å²) in [5.41, 5.74) is 6.00. The summed E-state index contributed by atoms with van der Waals surface area (Å²) < 4.78 is 5.80. The molecule has 1 N–H and O–H groups in total. The van der Waals surface area contributed by atoms with Crippen LogP contribution in [0.1, 0.15) is 101 Å². The predicted molar refractivity (Wildman–Crippen MR) is 140 cm³/mol. The number of nitriles is 1. The molecule has 1 unspecified atom stereocenters. The van der Waals surface area contributed by atoms with Crippen LogP contribution in [0.15, 0.2) is 36.4 Å². The van der Waals surface area contributed by atoms with Crippen LogP contribution in [0.5, 0.6) is 0 Å². The van der Waals surface area contributed by atoms with Gasteiger partial charge in [0.1, 0.15) is 6.10 Å². The van der Waals surface area contributed by atoms with E-state index in [1.165, 1.54) is 30.4 Å². The van der Waals surface area contributed by atoms with Gasteiger partial charge in [-0.15, -0.1) is 10.2 Å². The highest BCUT2D eigenvalue weighted by Gasteiger charge is 2.30. The third kappa shape index (κ3) is 4.67. The van der Waals surface area contributed by atoms with Crippen molar-refractivity contribution in [3.05, 3.63) is 70.0 Å². The summed E-state index contributed by atoms with van der Waals surface area (Å²) in [5.74, 6) is 2.54. The van der Waals surface area contributed by atoms with E-state index < -0.39 is 0 Å². The van der Waals surface area contributed by atoms with E-state index in [4.69, 9.17) is 10.00 Å². The van der Waals surface area contributed by atoms with Crippen molar-refractivity contribution in [2.24, 2.45) is 0 Å². The van der Waals surface area contributed by atoms with E-state index in [2.05, 4.69) is 52.4 Å². The van der Waals surface area contributed by atoms with Crippen LogP contribution in [0.3, 0.4) is 0 Å². The summed E-state index contributed by atoms with van der Waals surface area (Å²) in [5, 5.41) is 18.0. The van der Waals surface area contributed by atoms with Gasteiger partial charge in [-0.2, -0.15) is 5.26 Å². The first-order valence-electron chi connectivity index (χ1n) is 13.6. The Morgan fingerprint density at radius 2 is 1.81 bits per heavy atom. The highest BCUT2D eigenvalue weighted by atomic mass is 16.5. The first kappa shape index (κ1) is 23.9. The summed E-state index contributed by atoms with van der Waals surface area (Å²) >= 11 is 0. The van der Waals surface area contributed by atoms with Crippen molar-refractivity contribution in [1.29, 1.82) is 5.26 Å². The molecule has 3 aliphatic rings. The number of piperidine rings is 1. The van der Waals surface area contributed by atoms with Crippen molar-refractivity contribution in [2.45, 2.75) is 69.8 Å². The van der Waals surface area contributed by atoms with E-state index in [0.717, 1.165) is 73.7 Å². The molecule has 6 rings (SSSR count). The summed E-state index contributed by atoms with van der Waals surface area (Å²) in [7, 11) is 0. The molecule has 2 aromatic carbocycles. The predicted octanol–water partition coefficient (Wildman–Crippen LogP) is 5.79. The lowest BCUT2D eigenvalue weighted by molar-refractivity contribution is 0.0712. The molecule has 2 aliphatic heterocycles. The minimum absolute atomic E-state index is 0.0163. The van der Waals surface area contributed by atoms with Crippen molar-refractivity contribution in [3.63, 3.8) is 0 Å². The number of carbonyl (C=O) groups excluding carboxylic acids is 1. The number of amides is 1. The lowest BCUT2D eigenvalue weighted by atomic mass is 9.77. The van der Waals surface area contributed by atoms with Gasteiger partial charge in [-0.25, -0.2) is 0 Å². The number of benzene rings is 2. The molecular weight excluding hydrogens is 462 g/mol. The minimum atomic E-state index is -0.0163. The second-order valence-electron chi connectivity index (χ2n) is 10.7.